The lowest BCUT2D eigenvalue weighted by molar-refractivity contribution is 0.0404. The number of anilines is 2. The van der Waals surface area contributed by atoms with Crippen LogP contribution in [0.5, 0.6) is 0 Å². The molecule has 0 atom stereocenters. The molecule has 0 unspecified atom stereocenters. The number of hydrogen-bond acceptors (Lipinski definition) is 6. The molecule has 0 bridgehead atoms. The second kappa shape index (κ2) is 9.59. The number of nitrogens with one attached hydrogen (secondary N) is 1. The number of carbonyl (C=O) groups is 2. The van der Waals surface area contributed by atoms with Crippen LogP contribution in [0.25, 0.3) is 0 Å². The maximum atomic E-state index is 13.6. The molecule has 0 fully saturated rings. The molecular weight excluding hydrogens is 501 g/mol. The molecule has 0 aliphatic carbocycles. The van der Waals surface area contributed by atoms with E-state index in [1.54, 1.807) is 32.9 Å². The van der Waals surface area contributed by atoms with Crippen molar-refractivity contribution in [3.8, 4) is 6.07 Å². The highest BCUT2D eigenvalue weighted by Gasteiger charge is 2.39. The van der Waals surface area contributed by atoms with E-state index in [2.05, 4.69) is 5.32 Å². The summed E-state index contributed by atoms with van der Waals surface area (Å²) in [4.78, 5) is 25.6. The topological polar surface area (TPSA) is 125 Å². The third kappa shape index (κ3) is 5.41. The van der Waals surface area contributed by atoms with Crippen LogP contribution < -0.4 is 9.62 Å². The molecule has 0 saturated heterocycles. The summed E-state index contributed by atoms with van der Waals surface area (Å²) in [5, 5.41) is 11.3. The highest BCUT2D eigenvalue weighted by molar-refractivity contribution is 7.91. The first-order chi connectivity index (χ1) is 16.3. The monoisotopic (exact) mass is 523 g/mol. The summed E-state index contributed by atoms with van der Waals surface area (Å²) in [5.41, 5.74) is -1.15. The number of aromatic nitrogens is 1. The summed E-state index contributed by atoms with van der Waals surface area (Å²) in [6.07, 6.45) is 3.34. The first-order valence-corrected chi connectivity index (χ1v) is 12.1. The summed E-state index contributed by atoms with van der Waals surface area (Å²) in [6.45, 7) is 4.46. The van der Waals surface area contributed by atoms with Crippen LogP contribution in [0.4, 0.5) is 20.6 Å². The van der Waals surface area contributed by atoms with Crippen LogP contribution in [-0.4, -0.2) is 48.0 Å². The zero-order chi connectivity index (χ0) is 26.1. The van der Waals surface area contributed by atoms with Crippen LogP contribution in [0.3, 0.4) is 0 Å². The molecule has 35 heavy (non-hydrogen) atoms. The number of rotatable bonds is 3. The fourth-order valence-corrected chi connectivity index (χ4v) is 5.07. The van der Waals surface area contributed by atoms with Gasteiger partial charge in [-0.3, -0.25) is 4.79 Å². The highest BCUT2D eigenvalue weighted by Crippen LogP contribution is 2.35. The number of amides is 2. The van der Waals surface area contributed by atoms with Crippen LogP contribution in [0.1, 0.15) is 36.8 Å². The van der Waals surface area contributed by atoms with Gasteiger partial charge in [0.15, 0.2) is 0 Å². The summed E-state index contributed by atoms with van der Waals surface area (Å²) >= 11 is 6.46. The van der Waals surface area contributed by atoms with Gasteiger partial charge in [0.05, 0.1) is 29.4 Å². The van der Waals surface area contributed by atoms with E-state index >= 15 is 0 Å². The Balaban J connectivity index is 1.96. The Morgan fingerprint density at radius 3 is 2.51 bits per heavy atom. The van der Waals surface area contributed by atoms with Gasteiger partial charge in [-0.15, -0.1) is 0 Å². The lowest BCUT2D eigenvalue weighted by Crippen LogP contribution is -2.47. The molecule has 0 saturated carbocycles. The van der Waals surface area contributed by atoms with Crippen LogP contribution in [0, 0.1) is 17.1 Å². The Labute approximate surface area is 207 Å². The Hall–Kier alpha value is -3.56. The predicted octanol–water partition coefficient (Wildman–Crippen LogP) is 3.80. The zero-order valence-corrected chi connectivity index (χ0v) is 20.9. The molecule has 1 aromatic heterocycles. The van der Waals surface area contributed by atoms with Gasteiger partial charge < -0.3 is 14.6 Å². The van der Waals surface area contributed by atoms with E-state index in [0.29, 0.717) is 4.31 Å². The lowest BCUT2D eigenvalue weighted by atomic mass is 10.2. The predicted molar refractivity (Wildman–Crippen MR) is 128 cm³/mol. The average Bonchev–Trinajstić information content (AvgIpc) is 2.93. The number of aryl methyl sites for hydroxylation is 1. The number of nitriles is 1. The van der Waals surface area contributed by atoms with E-state index in [4.69, 9.17) is 21.6 Å². The molecule has 1 aliphatic heterocycles. The molecule has 186 valence electrons. The van der Waals surface area contributed by atoms with Gasteiger partial charge in [0, 0.05) is 18.9 Å². The largest absolute Gasteiger partial charge is 0.443 e. The second-order valence-corrected chi connectivity index (χ2v) is 10.7. The molecule has 1 N–H and O–H groups in total. The average molecular weight is 524 g/mol. The minimum Gasteiger partial charge on any atom is -0.443 e. The van der Waals surface area contributed by atoms with Crippen molar-refractivity contribution >= 4 is 45.2 Å². The number of hydrogen-bond donors (Lipinski definition) is 1. The second-order valence-electron chi connectivity index (χ2n) is 8.57. The van der Waals surface area contributed by atoms with Crippen LogP contribution in [0.15, 0.2) is 36.5 Å². The van der Waals surface area contributed by atoms with E-state index in [1.165, 1.54) is 30.0 Å². The molecule has 10 nitrogen and oxygen atoms in total. The minimum atomic E-state index is -4.43. The van der Waals surface area contributed by atoms with Gasteiger partial charge in [0.1, 0.15) is 23.2 Å². The molecule has 13 heteroatoms. The smallest absolute Gasteiger partial charge is 0.425 e. The fourth-order valence-electron chi connectivity index (χ4n) is 3.25. The van der Waals surface area contributed by atoms with E-state index in [1.807, 2.05) is 0 Å². The van der Waals surface area contributed by atoms with Gasteiger partial charge in [-0.1, -0.05) is 23.8 Å². The summed E-state index contributed by atoms with van der Waals surface area (Å²) in [6, 6.07) is 5.15. The number of nitrogens with zero attached hydrogens (tertiary/aromatic N) is 4. The van der Waals surface area contributed by atoms with Crippen molar-refractivity contribution in [2.45, 2.75) is 26.4 Å². The van der Waals surface area contributed by atoms with Crippen LogP contribution in [0.2, 0.25) is 5.02 Å². The SMILES string of the molecule is Cn1cc(N2CC=CCN(C(=O)OC(C)(C)C)S2(=O)=O)c(Cl)c1C(=O)Nc1ccc(F)c(C#N)c1. The van der Waals surface area contributed by atoms with Crippen molar-refractivity contribution in [2.24, 2.45) is 7.05 Å². The lowest BCUT2D eigenvalue weighted by Gasteiger charge is -2.29. The summed E-state index contributed by atoms with van der Waals surface area (Å²) in [7, 11) is -2.94. The van der Waals surface area contributed by atoms with Gasteiger partial charge in [-0.2, -0.15) is 18.0 Å². The maximum Gasteiger partial charge on any atom is 0.425 e. The molecule has 2 aromatic rings. The quantitative estimate of drug-likeness (QED) is 0.610. The fraction of sp³-hybridized carbons (Fsp3) is 0.318. The molecular formula is C22H23ClFN5O5S. The number of benzene rings is 1. The molecule has 1 aliphatic rings. The van der Waals surface area contributed by atoms with Gasteiger partial charge in [-0.25, -0.2) is 13.5 Å². The van der Waals surface area contributed by atoms with Crippen molar-refractivity contribution in [1.29, 1.82) is 5.26 Å². The molecule has 2 heterocycles. The third-order valence-electron chi connectivity index (χ3n) is 4.79. The summed E-state index contributed by atoms with van der Waals surface area (Å²) < 4.78 is 48.4. The van der Waals surface area contributed by atoms with E-state index < -0.39 is 33.6 Å². The van der Waals surface area contributed by atoms with Gasteiger partial charge in [-0.05, 0) is 39.0 Å². The molecule has 1 aromatic carbocycles. The Kier molecular flexibility index (Phi) is 7.14. The van der Waals surface area contributed by atoms with E-state index in [-0.39, 0.29) is 40.7 Å². The van der Waals surface area contributed by atoms with Crippen molar-refractivity contribution in [2.75, 3.05) is 22.7 Å². The summed E-state index contributed by atoms with van der Waals surface area (Å²) in [5.74, 6) is -1.45. The third-order valence-corrected chi connectivity index (χ3v) is 6.92. The molecule has 3 rings (SSSR count). The van der Waals surface area contributed by atoms with Gasteiger partial charge in [0.2, 0.25) is 0 Å². The Bertz CT molecular complexity index is 1360. The van der Waals surface area contributed by atoms with E-state index in [9.17, 15) is 22.4 Å². The Morgan fingerprint density at radius 2 is 1.89 bits per heavy atom. The van der Waals surface area contributed by atoms with Crippen molar-refractivity contribution in [3.05, 3.63) is 58.6 Å². The van der Waals surface area contributed by atoms with Crippen molar-refractivity contribution in [1.82, 2.24) is 8.87 Å². The molecule has 0 spiro atoms. The first-order valence-electron chi connectivity index (χ1n) is 10.3. The van der Waals surface area contributed by atoms with Crippen molar-refractivity contribution in [3.63, 3.8) is 0 Å². The normalized spacial score (nSPS) is 15.3. The number of halogens is 2. The van der Waals surface area contributed by atoms with Gasteiger partial charge in [0.25, 0.3) is 5.91 Å². The molecule has 2 amide bonds. The van der Waals surface area contributed by atoms with Gasteiger partial charge >= 0.3 is 16.3 Å². The molecule has 0 radical (unpaired) electrons. The van der Waals surface area contributed by atoms with Crippen molar-refractivity contribution < 1.29 is 27.1 Å². The standard InChI is InChI=1S/C22H23ClFN5O5S/c1-22(2,3)34-21(31)29-10-6-5-9-28(35(29,32)33)17-13-27(4)19(18(17)23)20(30)26-15-7-8-16(24)14(11-15)12-25/h5-8,11,13H,9-10H2,1-4H3,(H,26,30). The minimum absolute atomic E-state index is 0.0313. The highest BCUT2D eigenvalue weighted by atomic mass is 35.5. The zero-order valence-electron chi connectivity index (χ0n) is 19.4. The van der Waals surface area contributed by atoms with E-state index in [0.717, 1.165) is 16.4 Å². The first kappa shape index (κ1) is 26.1. The maximum absolute atomic E-state index is 13.6. The number of carbonyl (C=O) groups excluding carboxylic acids is 2. The van der Waals surface area contributed by atoms with Crippen LogP contribution >= 0.6 is 11.6 Å². The number of ether oxygens (including phenoxy) is 1. The Morgan fingerprint density at radius 1 is 1.23 bits per heavy atom. The van der Waals surface area contributed by atoms with Crippen LogP contribution in [-0.2, 0) is 22.0 Å².